The van der Waals surface area contributed by atoms with E-state index in [-0.39, 0.29) is 9.92 Å². The normalized spacial score (nSPS) is 11.2. The zero-order chi connectivity index (χ0) is 16.5. The quantitative estimate of drug-likeness (QED) is 0.432. The first kappa shape index (κ1) is 17.0. The van der Waals surface area contributed by atoms with Gasteiger partial charge in [0.05, 0.1) is 15.5 Å². The molecule has 0 atom stereocenters. The molecule has 116 valence electrons. The molecule has 9 heteroatoms. The Bertz CT molecular complexity index is 855. The van der Waals surface area contributed by atoms with E-state index in [1.807, 2.05) is 6.07 Å². The smallest absolute Gasteiger partial charge is 0.279 e. The highest BCUT2D eigenvalue weighted by molar-refractivity contribution is 14.1. The van der Waals surface area contributed by atoms with Gasteiger partial charge in [0.2, 0.25) is 0 Å². The third-order valence-corrected chi connectivity index (χ3v) is 5.21. The van der Waals surface area contributed by atoms with Crippen molar-refractivity contribution in [3.05, 3.63) is 60.7 Å². The Kier molecular flexibility index (Phi) is 4.93. The van der Waals surface area contributed by atoms with Gasteiger partial charge in [0.1, 0.15) is 5.02 Å². The van der Waals surface area contributed by atoms with E-state index in [2.05, 4.69) is 27.3 Å². The molecule has 0 saturated heterocycles. The summed E-state index contributed by atoms with van der Waals surface area (Å²) in [6.45, 7) is 1.77. The van der Waals surface area contributed by atoms with Crippen molar-refractivity contribution in [1.82, 2.24) is 0 Å². The zero-order valence-electron chi connectivity index (χ0n) is 11.2. The molecule has 2 rings (SSSR count). The third kappa shape index (κ3) is 3.68. The van der Waals surface area contributed by atoms with Crippen LogP contribution in [0.5, 0.6) is 0 Å². The number of nitrogens with one attached hydrogen (secondary N) is 1. The molecular formula is C13H10ClIN2O4S. The van der Waals surface area contributed by atoms with Crippen molar-refractivity contribution in [2.24, 2.45) is 0 Å². The summed E-state index contributed by atoms with van der Waals surface area (Å²) in [5, 5.41) is 10.7. The minimum absolute atomic E-state index is 0.116. The number of nitro benzene ring substituents is 1. The van der Waals surface area contributed by atoms with E-state index >= 15 is 0 Å². The van der Waals surface area contributed by atoms with Crippen LogP contribution >= 0.6 is 34.2 Å². The molecule has 0 bridgehead atoms. The Morgan fingerprint density at radius 3 is 2.50 bits per heavy atom. The summed E-state index contributed by atoms with van der Waals surface area (Å²) < 4.78 is 28.1. The number of nitro groups is 1. The number of sulfonamides is 1. The molecule has 1 N–H and O–H groups in total. The van der Waals surface area contributed by atoms with Crippen molar-refractivity contribution >= 4 is 55.6 Å². The lowest BCUT2D eigenvalue weighted by atomic mass is 10.2. The summed E-state index contributed by atoms with van der Waals surface area (Å²) in [6.07, 6.45) is 0. The lowest BCUT2D eigenvalue weighted by molar-refractivity contribution is -0.384. The van der Waals surface area contributed by atoms with E-state index in [1.54, 1.807) is 19.1 Å². The van der Waals surface area contributed by atoms with Crippen LogP contribution in [0.3, 0.4) is 0 Å². The van der Waals surface area contributed by atoms with Crippen LogP contribution in [0.4, 0.5) is 11.4 Å². The van der Waals surface area contributed by atoms with E-state index < -0.39 is 20.6 Å². The number of rotatable bonds is 4. The standard InChI is InChI=1S/C13H10ClIN2O4S/c1-8-6-9(15)2-5-12(8)16-22(20,21)10-3-4-11(14)13(7-10)17(18)19/h2-7,16H,1H3. The molecule has 0 spiro atoms. The Morgan fingerprint density at radius 1 is 1.23 bits per heavy atom. The van der Waals surface area contributed by atoms with Crippen LogP contribution in [0.1, 0.15) is 5.56 Å². The van der Waals surface area contributed by atoms with Gasteiger partial charge >= 0.3 is 0 Å². The van der Waals surface area contributed by atoms with Gasteiger partial charge in [0.15, 0.2) is 0 Å². The highest BCUT2D eigenvalue weighted by Crippen LogP contribution is 2.28. The van der Waals surface area contributed by atoms with Crippen LogP contribution in [0.15, 0.2) is 41.3 Å². The Hall–Kier alpha value is -1.39. The molecule has 0 aliphatic carbocycles. The predicted octanol–water partition coefficient (Wildman–Crippen LogP) is 3.96. The first-order valence-electron chi connectivity index (χ1n) is 5.93. The van der Waals surface area contributed by atoms with Gasteiger partial charge in [-0.2, -0.15) is 0 Å². The van der Waals surface area contributed by atoms with Gasteiger partial charge in [0, 0.05) is 9.64 Å². The predicted molar refractivity (Wildman–Crippen MR) is 92.8 cm³/mol. The fourth-order valence-electron chi connectivity index (χ4n) is 1.74. The van der Waals surface area contributed by atoms with Crippen molar-refractivity contribution < 1.29 is 13.3 Å². The molecule has 0 aliphatic heterocycles. The number of anilines is 1. The number of hydrogen-bond acceptors (Lipinski definition) is 4. The minimum Gasteiger partial charge on any atom is -0.279 e. The van der Waals surface area contributed by atoms with Crippen LogP contribution in [-0.4, -0.2) is 13.3 Å². The van der Waals surface area contributed by atoms with Crippen molar-refractivity contribution in [3.63, 3.8) is 0 Å². The van der Waals surface area contributed by atoms with Gasteiger partial charge in [-0.25, -0.2) is 8.42 Å². The molecular weight excluding hydrogens is 443 g/mol. The summed E-state index contributed by atoms with van der Waals surface area (Å²) in [6, 6.07) is 8.57. The topological polar surface area (TPSA) is 89.3 Å². The van der Waals surface area contributed by atoms with E-state index in [9.17, 15) is 18.5 Å². The third-order valence-electron chi connectivity index (χ3n) is 2.86. The molecule has 0 heterocycles. The van der Waals surface area contributed by atoms with Gasteiger partial charge in [0.25, 0.3) is 15.7 Å². The highest BCUT2D eigenvalue weighted by Gasteiger charge is 2.21. The molecule has 2 aromatic carbocycles. The fourth-order valence-corrected chi connectivity index (χ4v) is 3.73. The zero-order valence-corrected chi connectivity index (χ0v) is 14.9. The van der Waals surface area contributed by atoms with E-state index in [0.29, 0.717) is 5.69 Å². The second kappa shape index (κ2) is 6.39. The van der Waals surface area contributed by atoms with Gasteiger partial charge in [-0.3, -0.25) is 14.8 Å². The summed E-state index contributed by atoms with van der Waals surface area (Å²) in [5.41, 5.74) is 0.709. The SMILES string of the molecule is Cc1cc(I)ccc1NS(=O)(=O)c1ccc(Cl)c([N+](=O)[O-])c1. The van der Waals surface area contributed by atoms with Crippen LogP contribution < -0.4 is 4.72 Å². The molecule has 0 saturated carbocycles. The van der Waals surface area contributed by atoms with Crippen molar-refractivity contribution in [2.45, 2.75) is 11.8 Å². The number of hydrogen-bond donors (Lipinski definition) is 1. The lowest BCUT2D eigenvalue weighted by Crippen LogP contribution is -2.14. The maximum atomic E-state index is 12.3. The minimum atomic E-state index is -3.94. The Balaban J connectivity index is 2.42. The summed E-state index contributed by atoms with van der Waals surface area (Å²) >= 11 is 7.81. The van der Waals surface area contributed by atoms with Crippen molar-refractivity contribution in [1.29, 1.82) is 0 Å². The van der Waals surface area contributed by atoms with Gasteiger partial charge in [-0.05, 0) is 65.4 Å². The number of nitrogens with zero attached hydrogens (tertiary/aromatic N) is 1. The average Bonchev–Trinajstić information content (AvgIpc) is 2.42. The molecule has 0 aliphatic rings. The molecule has 0 radical (unpaired) electrons. The molecule has 0 amide bonds. The van der Waals surface area contributed by atoms with Crippen LogP contribution in [0.2, 0.25) is 5.02 Å². The van der Waals surface area contributed by atoms with Crippen LogP contribution in [-0.2, 0) is 10.0 Å². The lowest BCUT2D eigenvalue weighted by Gasteiger charge is -2.11. The number of aryl methyl sites for hydroxylation is 1. The average molecular weight is 453 g/mol. The molecule has 6 nitrogen and oxygen atoms in total. The monoisotopic (exact) mass is 452 g/mol. The second-order valence-corrected chi connectivity index (χ2v) is 7.77. The molecule has 0 aromatic heterocycles. The Morgan fingerprint density at radius 2 is 1.91 bits per heavy atom. The fraction of sp³-hybridized carbons (Fsp3) is 0.0769. The van der Waals surface area contributed by atoms with Gasteiger partial charge < -0.3 is 0 Å². The largest absolute Gasteiger partial charge is 0.289 e. The van der Waals surface area contributed by atoms with E-state index in [4.69, 9.17) is 11.6 Å². The maximum absolute atomic E-state index is 12.3. The van der Waals surface area contributed by atoms with Crippen molar-refractivity contribution in [3.8, 4) is 0 Å². The van der Waals surface area contributed by atoms with Crippen LogP contribution in [0.25, 0.3) is 0 Å². The number of halogens is 2. The van der Waals surface area contributed by atoms with Gasteiger partial charge in [-0.15, -0.1) is 0 Å². The molecule has 0 unspecified atom stereocenters. The molecule has 22 heavy (non-hydrogen) atoms. The maximum Gasteiger partial charge on any atom is 0.289 e. The van der Waals surface area contributed by atoms with Crippen LogP contribution in [0, 0.1) is 20.6 Å². The highest BCUT2D eigenvalue weighted by atomic mass is 127. The first-order valence-corrected chi connectivity index (χ1v) is 8.87. The summed E-state index contributed by atoms with van der Waals surface area (Å²) in [5.74, 6) is 0. The van der Waals surface area contributed by atoms with E-state index in [1.165, 1.54) is 12.1 Å². The van der Waals surface area contributed by atoms with E-state index in [0.717, 1.165) is 15.2 Å². The summed E-state index contributed by atoms with van der Waals surface area (Å²) in [7, 11) is -3.94. The Labute approximate surface area is 145 Å². The first-order chi connectivity index (χ1) is 10.2. The van der Waals surface area contributed by atoms with Crippen molar-refractivity contribution in [2.75, 3.05) is 4.72 Å². The summed E-state index contributed by atoms with van der Waals surface area (Å²) in [4.78, 5) is 9.91. The molecule has 0 fully saturated rings. The number of benzene rings is 2. The molecule has 2 aromatic rings. The second-order valence-electron chi connectivity index (χ2n) is 4.44. The van der Waals surface area contributed by atoms with Gasteiger partial charge in [-0.1, -0.05) is 11.6 Å².